The standard InChI is InChI=1S/C33H32FN5O5/c1-20(40)27-18-24(11-12-35-27)38-15-13-37(14-16-38)19-23-8-6-21(17-26(23)34)5-7-22-3-2-4-25-30(22)33(44)39(32(25)43)28-9-10-29(41)36-31(28)42/h2-4,6,8,11-12,17-18,28H,5,7,9-10,13-16,19H2,1H3,(H,36,41,42). The minimum absolute atomic E-state index is 0.0586. The van der Waals surface area contributed by atoms with E-state index in [0.717, 1.165) is 42.3 Å². The number of fused-ring (bicyclic) bond motifs is 1. The average Bonchev–Trinajstić information content (AvgIpc) is 3.27. The fourth-order valence-corrected chi connectivity index (χ4v) is 6.16. The summed E-state index contributed by atoms with van der Waals surface area (Å²) in [4.78, 5) is 71.6. The van der Waals surface area contributed by atoms with Gasteiger partial charge in [-0.2, -0.15) is 0 Å². The van der Waals surface area contributed by atoms with Crippen LogP contribution in [0.1, 0.15) is 67.7 Å². The minimum Gasteiger partial charge on any atom is -0.369 e. The number of pyridine rings is 1. The molecule has 0 spiro atoms. The number of hydrogen-bond acceptors (Lipinski definition) is 8. The normalized spacial score (nSPS) is 18.9. The summed E-state index contributed by atoms with van der Waals surface area (Å²) in [5.74, 6) is -2.52. The van der Waals surface area contributed by atoms with Crippen LogP contribution in [0, 0.1) is 5.82 Å². The van der Waals surface area contributed by atoms with Crippen molar-refractivity contribution in [3.05, 3.63) is 94.1 Å². The van der Waals surface area contributed by atoms with E-state index < -0.39 is 29.7 Å². The molecule has 4 heterocycles. The van der Waals surface area contributed by atoms with E-state index in [1.54, 1.807) is 30.5 Å². The van der Waals surface area contributed by atoms with Gasteiger partial charge in [0.2, 0.25) is 11.8 Å². The lowest BCUT2D eigenvalue weighted by atomic mass is 9.96. The number of aryl methyl sites for hydroxylation is 2. The quantitative estimate of drug-likeness (QED) is 0.311. The number of carbonyl (C=O) groups excluding carboxylic acids is 5. The Hall–Kier alpha value is -4.77. The van der Waals surface area contributed by atoms with Gasteiger partial charge in [-0.3, -0.25) is 44.1 Å². The van der Waals surface area contributed by atoms with Crippen molar-refractivity contribution in [2.45, 2.75) is 45.2 Å². The highest BCUT2D eigenvalue weighted by molar-refractivity contribution is 6.24. The Morgan fingerprint density at radius 3 is 2.48 bits per heavy atom. The zero-order valence-corrected chi connectivity index (χ0v) is 24.3. The summed E-state index contributed by atoms with van der Waals surface area (Å²) in [6.07, 6.45) is 2.67. The molecule has 226 valence electrons. The number of nitrogens with zero attached hydrogens (tertiary/aromatic N) is 4. The summed E-state index contributed by atoms with van der Waals surface area (Å²) in [5, 5.41) is 2.21. The van der Waals surface area contributed by atoms with Crippen molar-refractivity contribution in [3.63, 3.8) is 0 Å². The lowest BCUT2D eigenvalue weighted by Gasteiger charge is -2.36. The molecule has 0 aliphatic carbocycles. The van der Waals surface area contributed by atoms with E-state index in [1.807, 2.05) is 18.2 Å². The molecule has 0 bridgehead atoms. The first-order valence-electron chi connectivity index (χ1n) is 14.7. The third-order valence-electron chi connectivity index (χ3n) is 8.59. The fraction of sp³-hybridized carbons (Fsp3) is 0.333. The van der Waals surface area contributed by atoms with Gasteiger partial charge in [0.15, 0.2) is 5.78 Å². The van der Waals surface area contributed by atoms with Crippen molar-refractivity contribution in [3.8, 4) is 0 Å². The monoisotopic (exact) mass is 597 g/mol. The maximum Gasteiger partial charge on any atom is 0.262 e. The number of carbonyl (C=O) groups is 5. The molecule has 0 radical (unpaired) electrons. The van der Waals surface area contributed by atoms with E-state index in [1.165, 1.54) is 13.0 Å². The van der Waals surface area contributed by atoms with E-state index in [4.69, 9.17) is 0 Å². The summed E-state index contributed by atoms with van der Waals surface area (Å²) in [6, 6.07) is 12.9. The Balaban J connectivity index is 1.07. The van der Waals surface area contributed by atoms with Crippen LogP contribution in [-0.4, -0.2) is 76.4 Å². The van der Waals surface area contributed by atoms with Crippen molar-refractivity contribution in [2.24, 2.45) is 0 Å². The maximum absolute atomic E-state index is 15.2. The number of benzene rings is 2. The number of hydrogen-bond donors (Lipinski definition) is 1. The van der Waals surface area contributed by atoms with Crippen molar-refractivity contribution in [2.75, 3.05) is 31.1 Å². The van der Waals surface area contributed by atoms with Crippen molar-refractivity contribution < 1.29 is 28.4 Å². The predicted octanol–water partition coefficient (Wildman–Crippen LogP) is 2.93. The van der Waals surface area contributed by atoms with Crippen molar-refractivity contribution >= 4 is 35.1 Å². The second-order valence-electron chi connectivity index (χ2n) is 11.4. The van der Waals surface area contributed by atoms with Gasteiger partial charge in [0.25, 0.3) is 11.8 Å². The smallest absolute Gasteiger partial charge is 0.262 e. The summed E-state index contributed by atoms with van der Waals surface area (Å²) in [5.41, 5.74) is 3.93. The number of aromatic nitrogens is 1. The zero-order valence-electron chi connectivity index (χ0n) is 24.3. The lowest BCUT2D eigenvalue weighted by Crippen LogP contribution is -2.54. The Kier molecular flexibility index (Phi) is 8.05. The van der Waals surface area contributed by atoms with Crippen LogP contribution >= 0.6 is 0 Å². The first-order chi connectivity index (χ1) is 21.2. The van der Waals surface area contributed by atoms with Crippen molar-refractivity contribution in [1.82, 2.24) is 20.1 Å². The lowest BCUT2D eigenvalue weighted by molar-refractivity contribution is -0.136. The molecular weight excluding hydrogens is 565 g/mol. The number of piperazine rings is 1. The van der Waals surface area contributed by atoms with Gasteiger partial charge in [0.1, 0.15) is 17.6 Å². The van der Waals surface area contributed by atoms with Crippen LogP contribution in [0.4, 0.5) is 10.1 Å². The Morgan fingerprint density at radius 1 is 0.955 bits per heavy atom. The molecule has 1 atom stereocenters. The first-order valence-corrected chi connectivity index (χ1v) is 14.7. The van der Waals surface area contributed by atoms with Crippen LogP contribution in [0.15, 0.2) is 54.7 Å². The highest BCUT2D eigenvalue weighted by atomic mass is 19.1. The third kappa shape index (κ3) is 5.74. The zero-order chi connectivity index (χ0) is 31.0. The molecule has 11 heteroatoms. The fourth-order valence-electron chi connectivity index (χ4n) is 6.16. The maximum atomic E-state index is 15.2. The van der Waals surface area contributed by atoms with Gasteiger partial charge in [0, 0.05) is 63.5 Å². The third-order valence-corrected chi connectivity index (χ3v) is 8.59. The largest absolute Gasteiger partial charge is 0.369 e. The molecule has 44 heavy (non-hydrogen) atoms. The molecule has 3 aromatic rings. The van der Waals surface area contributed by atoms with Crippen LogP contribution in [0.25, 0.3) is 0 Å². The highest BCUT2D eigenvalue weighted by Gasteiger charge is 2.45. The first kappa shape index (κ1) is 29.3. The van der Waals surface area contributed by atoms with Gasteiger partial charge >= 0.3 is 0 Å². The van der Waals surface area contributed by atoms with Gasteiger partial charge < -0.3 is 4.90 Å². The van der Waals surface area contributed by atoms with E-state index in [9.17, 15) is 24.0 Å². The van der Waals surface area contributed by atoms with Gasteiger partial charge in [-0.15, -0.1) is 0 Å². The van der Waals surface area contributed by atoms with Gasteiger partial charge in [0.05, 0.1) is 11.1 Å². The molecule has 2 saturated heterocycles. The van der Waals surface area contributed by atoms with E-state index >= 15 is 4.39 Å². The average molecular weight is 598 g/mol. The second kappa shape index (κ2) is 12.1. The molecule has 6 rings (SSSR count). The minimum atomic E-state index is -1.02. The number of amides is 4. The number of imide groups is 2. The number of nitrogens with one attached hydrogen (secondary N) is 1. The van der Waals surface area contributed by atoms with Crippen LogP contribution in [0.5, 0.6) is 0 Å². The number of halogens is 1. The highest BCUT2D eigenvalue weighted by Crippen LogP contribution is 2.31. The molecular formula is C33H32FN5O5. The Labute approximate surface area is 253 Å². The molecule has 4 amide bonds. The van der Waals surface area contributed by atoms with Gasteiger partial charge in [-0.05, 0) is 54.7 Å². The summed E-state index contributed by atoms with van der Waals surface area (Å²) in [7, 11) is 0. The molecule has 2 fully saturated rings. The van der Waals surface area contributed by atoms with Gasteiger partial charge in [-0.25, -0.2) is 4.39 Å². The van der Waals surface area contributed by atoms with E-state index in [-0.39, 0.29) is 35.6 Å². The van der Waals surface area contributed by atoms with E-state index in [0.29, 0.717) is 36.2 Å². The summed E-state index contributed by atoms with van der Waals surface area (Å²) in [6.45, 7) is 4.99. The SMILES string of the molecule is CC(=O)c1cc(N2CCN(Cc3ccc(CCc4cccc5c4C(=O)N(C4CCC(=O)NC4=O)C5=O)cc3F)CC2)ccn1. The topological polar surface area (TPSA) is 120 Å². The van der Waals surface area contributed by atoms with Crippen molar-refractivity contribution in [1.29, 1.82) is 0 Å². The molecule has 3 aliphatic heterocycles. The van der Waals surface area contributed by atoms with Gasteiger partial charge in [-0.1, -0.05) is 24.3 Å². The Morgan fingerprint density at radius 2 is 1.75 bits per heavy atom. The number of piperidine rings is 1. The second-order valence-corrected chi connectivity index (χ2v) is 11.4. The molecule has 0 saturated carbocycles. The van der Waals surface area contributed by atoms with E-state index in [2.05, 4.69) is 20.1 Å². The van der Waals surface area contributed by atoms with Crippen LogP contribution in [-0.2, 0) is 29.0 Å². The number of Topliss-reactive ketones (excluding diaryl/α,β-unsaturated/α-hetero) is 1. The number of rotatable bonds is 8. The summed E-state index contributed by atoms with van der Waals surface area (Å²) < 4.78 is 15.2. The number of ketones is 1. The Bertz CT molecular complexity index is 1680. The van der Waals surface area contributed by atoms with Crippen LogP contribution in [0.3, 0.4) is 0 Å². The molecule has 1 aromatic heterocycles. The molecule has 2 aromatic carbocycles. The van der Waals surface area contributed by atoms with Crippen LogP contribution < -0.4 is 10.2 Å². The van der Waals surface area contributed by atoms with Crippen LogP contribution in [0.2, 0.25) is 0 Å². The number of anilines is 1. The summed E-state index contributed by atoms with van der Waals surface area (Å²) >= 11 is 0. The molecule has 10 nitrogen and oxygen atoms in total. The predicted molar refractivity (Wildman–Crippen MR) is 159 cm³/mol. The molecule has 1 unspecified atom stereocenters. The molecule has 3 aliphatic rings. The molecule has 1 N–H and O–H groups in total.